The molecule has 0 aliphatic carbocycles. The minimum absolute atomic E-state index is 0.252. The molecule has 164 valence electrons. The van der Waals surface area contributed by atoms with Crippen LogP contribution >= 0.6 is 0 Å². The summed E-state index contributed by atoms with van der Waals surface area (Å²) in [4.78, 5) is 68.1. The van der Waals surface area contributed by atoms with Gasteiger partial charge in [-0.3, -0.25) is 24.0 Å². The lowest BCUT2D eigenvalue weighted by Gasteiger charge is -2.21. The van der Waals surface area contributed by atoms with E-state index in [-0.39, 0.29) is 12.3 Å². The lowest BCUT2D eigenvalue weighted by atomic mass is 10.0. The first kappa shape index (κ1) is 25.8. The molecule has 0 aromatic rings. The predicted molar refractivity (Wildman–Crippen MR) is 96.3 cm³/mol. The van der Waals surface area contributed by atoms with E-state index in [9.17, 15) is 33.9 Å². The Morgan fingerprint density at radius 2 is 1.59 bits per heavy atom. The van der Waals surface area contributed by atoms with Crippen LogP contribution in [0.3, 0.4) is 0 Å². The molecular weight excluding hydrogens is 392 g/mol. The van der Waals surface area contributed by atoms with Crippen LogP contribution in [0.2, 0.25) is 0 Å². The van der Waals surface area contributed by atoms with Gasteiger partial charge >= 0.3 is 11.9 Å². The summed E-state index contributed by atoms with van der Waals surface area (Å²) >= 11 is 0. The predicted octanol–water partition coefficient (Wildman–Crippen LogP) is -3.22. The molecule has 3 unspecified atom stereocenters. The highest BCUT2D eigenvalue weighted by Gasteiger charge is 2.27. The first-order valence-electron chi connectivity index (χ1n) is 8.66. The Balaban J connectivity index is 4.74. The first-order valence-corrected chi connectivity index (χ1v) is 8.66. The molecule has 29 heavy (non-hydrogen) atoms. The lowest BCUT2D eigenvalue weighted by Crippen LogP contribution is -2.55. The average Bonchev–Trinajstić information content (AvgIpc) is 2.64. The van der Waals surface area contributed by atoms with Gasteiger partial charge < -0.3 is 36.6 Å². The van der Waals surface area contributed by atoms with Gasteiger partial charge in [0.05, 0.1) is 13.2 Å². The SMILES string of the molecule is CC(C)C(NC=O)C(=O)NCC(=O)NC(CO)C(=O)NC(CCC(=O)O)C(=O)O. The molecule has 0 saturated carbocycles. The summed E-state index contributed by atoms with van der Waals surface area (Å²) < 4.78 is 0. The van der Waals surface area contributed by atoms with Crippen LogP contribution in [-0.4, -0.2) is 82.7 Å². The summed E-state index contributed by atoms with van der Waals surface area (Å²) in [7, 11) is 0. The molecule has 0 heterocycles. The van der Waals surface area contributed by atoms with Crippen molar-refractivity contribution in [1.82, 2.24) is 21.3 Å². The monoisotopic (exact) mass is 418 g/mol. The Labute approximate surface area is 166 Å². The molecule has 13 nitrogen and oxygen atoms in total. The van der Waals surface area contributed by atoms with Crippen LogP contribution in [0, 0.1) is 5.92 Å². The summed E-state index contributed by atoms with van der Waals surface area (Å²) in [6.07, 6.45) is -0.552. The maximum Gasteiger partial charge on any atom is 0.326 e. The van der Waals surface area contributed by atoms with Crippen molar-refractivity contribution < 1.29 is 44.1 Å². The molecule has 0 saturated heterocycles. The van der Waals surface area contributed by atoms with Gasteiger partial charge in [-0.15, -0.1) is 0 Å². The third kappa shape index (κ3) is 10.0. The van der Waals surface area contributed by atoms with Crippen molar-refractivity contribution in [3.8, 4) is 0 Å². The second-order valence-corrected chi connectivity index (χ2v) is 6.36. The number of carbonyl (C=O) groups excluding carboxylic acids is 4. The van der Waals surface area contributed by atoms with E-state index in [0.29, 0.717) is 6.41 Å². The summed E-state index contributed by atoms with van der Waals surface area (Å²) in [5.41, 5.74) is 0. The third-order valence-electron chi connectivity index (χ3n) is 3.72. The molecule has 3 atom stereocenters. The van der Waals surface area contributed by atoms with Crippen molar-refractivity contribution in [2.45, 2.75) is 44.8 Å². The molecule has 0 aromatic carbocycles. The highest BCUT2D eigenvalue weighted by Crippen LogP contribution is 2.01. The van der Waals surface area contributed by atoms with Gasteiger partial charge in [-0.1, -0.05) is 13.8 Å². The Kier molecular flexibility index (Phi) is 11.6. The number of rotatable bonds is 14. The molecule has 4 amide bonds. The van der Waals surface area contributed by atoms with Crippen molar-refractivity contribution in [3.05, 3.63) is 0 Å². The highest BCUT2D eigenvalue weighted by atomic mass is 16.4. The second-order valence-electron chi connectivity index (χ2n) is 6.36. The molecule has 0 rings (SSSR count). The van der Waals surface area contributed by atoms with Gasteiger partial charge in [-0.05, 0) is 12.3 Å². The smallest absolute Gasteiger partial charge is 0.326 e. The fourth-order valence-electron chi connectivity index (χ4n) is 2.16. The van der Waals surface area contributed by atoms with Crippen molar-refractivity contribution in [2.24, 2.45) is 5.92 Å². The number of amides is 4. The van der Waals surface area contributed by atoms with Crippen LogP contribution in [0.5, 0.6) is 0 Å². The zero-order valence-corrected chi connectivity index (χ0v) is 16.0. The van der Waals surface area contributed by atoms with Crippen LogP contribution in [0.1, 0.15) is 26.7 Å². The Morgan fingerprint density at radius 1 is 0.966 bits per heavy atom. The zero-order valence-electron chi connectivity index (χ0n) is 16.0. The average molecular weight is 418 g/mol. The van der Waals surface area contributed by atoms with Gasteiger partial charge in [0.1, 0.15) is 18.1 Å². The summed E-state index contributed by atoms with van der Waals surface area (Å²) in [5.74, 6) is -5.50. The lowest BCUT2D eigenvalue weighted by molar-refractivity contribution is -0.143. The van der Waals surface area contributed by atoms with Gasteiger partial charge in [0, 0.05) is 6.42 Å². The van der Waals surface area contributed by atoms with Crippen molar-refractivity contribution in [1.29, 1.82) is 0 Å². The van der Waals surface area contributed by atoms with Gasteiger partial charge in [-0.2, -0.15) is 0 Å². The molecule has 0 radical (unpaired) electrons. The number of aliphatic hydroxyl groups is 1. The molecule has 0 spiro atoms. The first-order chi connectivity index (χ1) is 13.5. The number of hydrogen-bond acceptors (Lipinski definition) is 7. The summed E-state index contributed by atoms with van der Waals surface area (Å²) in [6, 6.07) is -3.91. The Bertz CT molecular complexity index is 624. The zero-order chi connectivity index (χ0) is 22.6. The Morgan fingerprint density at radius 3 is 2.03 bits per heavy atom. The number of hydrogen-bond donors (Lipinski definition) is 7. The quantitative estimate of drug-likeness (QED) is 0.141. The normalized spacial score (nSPS) is 13.5. The van der Waals surface area contributed by atoms with E-state index in [1.165, 1.54) is 0 Å². The standard InChI is InChI=1S/C16H26N4O9/c1-8(2)13(18-7-22)15(27)17-5-11(23)19-10(6-21)14(26)20-9(16(28)29)3-4-12(24)25/h7-10,13,21H,3-6H2,1-2H3,(H,17,27)(H,18,22)(H,19,23)(H,20,26)(H,24,25)(H,28,29). The minimum Gasteiger partial charge on any atom is -0.481 e. The van der Waals surface area contributed by atoms with Gasteiger partial charge in [0.25, 0.3) is 0 Å². The van der Waals surface area contributed by atoms with Crippen LogP contribution in [-0.2, 0) is 28.8 Å². The molecule has 0 bridgehead atoms. The molecule has 7 N–H and O–H groups in total. The maximum absolute atomic E-state index is 12.1. The van der Waals surface area contributed by atoms with Crippen molar-refractivity contribution >= 4 is 36.1 Å². The summed E-state index contributed by atoms with van der Waals surface area (Å²) in [5, 5.41) is 35.6. The van der Waals surface area contributed by atoms with E-state index in [1.54, 1.807) is 13.8 Å². The van der Waals surface area contributed by atoms with E-state index < -0.39 is 67.4 Å². The minimum atomic E-state index is -1.52. The molecule has 13 heteroatoms. The highest BCUT2D eigenvalue weighted by molar-refractivity contribution is 5.93. The van der Waals surface area contributed by atoms with Crippen LogP contribution < -0.4 is 21.3 Å². The Hall–Kier alpha value is -3.22. The fraction of sp³-hybridized carbons (Fsp3) is 0.625. The van der Waals surface area contributed by atoms with Gasteiger partial charge in [0.2, 0.25) is 24.1 Å². The van der Waals surface area contributed by atoms with E-state index in [2.05, 4.69) is 16.0 Å². The number of nitrogens with one attached hydrogen (secondary N) is 4. The van der Waals surface area contributed by atoms with Crippen molar-refractivity contribution in [3.63, 3.8) is 0 Å². The van der Waals surface area contributed by atoms with Gasteiger partial charge in [-0.25, -0.2) is 4.79 Å². The largest absolute Gasteiger partial charge is 0.481 e. The van der Waals surface area contributed by atoms with Crippen molar-refractivity contribution in [2.75, 3.05) is 13.2 Å². The topological polar surface area (TPSA) is 211 Å². The number of aliphatic hydroxyl groups excluding tert-OH is 1. The number of carboxylic acids is 2. The third-order valence-corrected chi connectivity index (χ3v) is 3.72. The number of aliphatic carboxylic acids is 2. The molecule has 0 aromatic heterocycles. The maximum atomic E-state index is 12.1. The molecule has 0 aliphatic heterocycles. The van der Waals surface area contributed by atoms with E-state index in [4.69, 9.17) is 10.2 Å². The number of carboxylic acid groups (broad SMARTS) is 2. The number of carbonyl (C=O) groups is 6. The van der Waals surface area contributed by atoms with E-state index in [0.717, 1.165) is 0 Å². The van der Waals surface area contributed by atoms with E-state index >= 15 is 0 Å². The van der Waals surface area contributed by atoms with Gasteiger partial charge in [0.15, 0.2) is 0 Å². The fourth-order valence-corrected chi connectivity index (χ4v) is 2.16. The second kappa shape index (κ2) is 13.0. The summed E-state index contributed by atoms with van der Waals surface area (Å²) in [6.45, 7) is 1.93. The molecule has 0 fully saturated rings. The van der Waals surface area contributed by atoms with E-state index in [1.807, 2.05) is 5.32 Å². The molecule has 0 aliphatic rings. The molecular formula is C16H26N4O9. The van der Waals surface area contributed by atoms with Crippen LogP contribution in [0.15, 0.2) is 0 Å². The van der Waals surface area contributed by atoms with Crippen LogP contribution in [0.4, 0.5) is 0 Å². The van der Waals surface area contributed by atoms with Crippen LogP contribution in [0.25, 0.3) is 0 Å².